The Morgan fingerprint density at radius 3 is 2.73 bits per heavy atom. The molecule has 1 aromatic heterocycles. The Hall–Kier alpha value is -2.96. The monoisotopic (exact) mass is 404 g/mol. The van der Waals surface area contributed by atoms with Crippen molar-refractivity contribution in [1.29, 1.82) is 0 Å². The van der Waals surface area contributed by atoms with Gasteiger partial charge in [-0.3, -0.25) is 4.79 Å². The molecule has 6 heteroatoms. The SMILES string of the molecule is COCc1ccc2ccc(-c3cccc(C(=O)NC4CCN(C)CC4)n3)cc2c1N. The maximum Gasteiger partial charge on any atom is 0.270 e. The van der Waals surface area contributed by atoms with E-state index >= 15 is 0 Å². The van der Waals surface area contributed by atoms with E-state index in [-0.39, 0.29) is 11.9 Å². The van der Waals surface area contributed by atoms with E-state index in [1.165, 1.54) is 0 Å². The van der Waals surface area contributed by atoms with E-state index < -0.39 is 0 Å². The summed E-state index contributed by atoms with van der Waals surface area (Å²) in [6.07, 6.45) is 1.94. The molecule has 3 N–H and O–H groups in total. The van der Waals surface area contributed by atoms with Crippen molar-refractivity contribution in [2.24, 2.45) is 0 Å². The number of nitrogens with two attached hydrogens (primary N) is 1. The lowest BCUT2D eigenvalue weighted by molar-refractivity contribution is 0.0912. The third-order valence-corrected chi connectivity index (χ3v) is 5.78. The molecule has 1 aliphatic heterocycles. The molecule has 0 saturated carbocycles. The number of methoxy groups -OCH3 is 1. The van der Waals surface area contributed by atoms with Crippen LogP contribution < -0.4 is 11.1 Å². The first kappa shape index (κ1) is 20.3. The average molecular weight is 405 g/mol. The molecular weight excluding hydrogens is 376 g/mol. The van der Waals surface area contributed by atoms with Crippen LogP contribution in [-0.2, 0) is 11.3 Å². The van der Waals surface area contributed by atoms with Gasteiger partial charge in [-0.15, -0.1) is 0 Å². The van der Waals surface area contributed by atoms with Crippen LogP contribution in [0, 0.1) is 0 Å². The van der Waals surface area contributed by atoms with E-state index in [1.54, 1.807) is 13.2 Å². The van der Waals surface area contributed by atoms with Crippen LogP contribution in [0.5, 0.6) is 0 Å². The van der Waals surface area contributed by atoms with Gasteiger partial charge >= 0.3 is 0 Å². The van der Waals surface area contributed by atoms with Crippen LogP contribution in [0.2, 0.25) is 0 Å². The zero-order valence-electron chi connectivity index (χ0n) is 17.5. The summed E-state index contributed by atoms with van der Waals surface area (Å²) in [6, 6.07) is 15.9. The van der Waals surface area contributed by atoms with Crippen molar-refractivity contribution in [1.82, 2.24) is 15.2 Å². The topological polar surface area (TPSA) is 80.5 Å². The molecule has 30 heavy (non-hydrogen) atoms. The molecule has 2 aromatic carbocycles. The predicted octanol–water partition coefficient (Wildman–Crippen LogP) is 3.45. The van der Waals surface area contributed by atoms with Gasteiger partial charge in [-0.25, -0.2) is 4.98 Å². The van der Waals surface area contributed by atoms with Gasteiger partial charge in [-0.05, 0) is 56.6 Å². The van der Waals surface area contributed by atoms with E-state index in [1.807, 2.05) is 42.5 Å². The molecule has 1 aliphatic rings. The number of aromatic nitrogens is 1. The number of fused-ring (bicyclic) bond motifs is 1. The van der Waals surface area contributed by atoms with E-state index in [9.17, 15) is 4.79 Å². The van der Waals surface area contributed by atoms with E-state index in [2.05, 4.69) is 22.2 Å². The fourth-order valence-corrected chi connectivity index (χ4v) is 3.96. The van der Waals surface area contributed by atoms with Crippen molar-refractivity contribution >= 4 is 22.4 Å². The van der Waals surface area contributed by atoms with Crippen molar-refractivity contribution in [3.05, 3.63) is 59.8 Å². The highest BCUT2D eigenvalue weighted by Crippen LogP contribution is 2.30. The number of rotatable bonds is 5. The summed E-state index contributed by atoms with van der Waals surface area (Å²) in [5, 5.41) is 5.16. The lowest BCUT2D eigenvalue weighted by Gasteiger charge is -2.29. The van der Waals surface area contributed by atoms with Gasteiger partial charge in [0.25, 0.3) is 5.91 Å². The van der Waals surface area contributed by atoms with Crippen LogP contribution in [0.25, 0.3) is 22.0 Å². The van der Waals surface area contributed by atoms with Gasteiger partial charge in [-0.2, -0.15) is 0 Å². The van der Waals surface area contributed by atoms with Gasteiger partial charge in [-0.1, -0.05) is 30.3 Å². The fourth-order valence-electron chi connectivity index (χ4n) is 3.96. The molecule has 0 atom stereocenters. The van der Waals surface area contributed by atoms with Gasteiger partial charge in [0.2, 0.25) is 0 Å². The van der Waals surface area contributed by atoms with Crippen LogP contribution in [0.4, 0.5) is 5.69 Å². The first-order chi connectivity index (χ1) is 14.5. The minimum Gasteiger partial charge on any atom is -0.398 e. The van der Waals surface area contributed by atoms with Crippen LogP contribution in [0.15, 0.2) is 48.5 Å². The normalized spacial score (nSPS) is 15.4. The molecule has 0 unspecified atom stereocenters. The standard InChI is InChI=1S/C24H28N4O2/c1-28-12-10-19(11-13-28)26-24(29)22-5-3-4-21(27-22)17-8-6-16-7-9-18(15-30-2)23(25)20(16)14-17/h3-9,14,19H,10-13,15,25H2,1-2H3,(H,26,29). The number of nitrogen functional groups attached to an aromatic ring is 1. The molecule has 0 spiro atoms. The molecule has 6 nitrogen and oxygen atoms in total. The Bertz CT molecular complexity index is 1060. The number of likely N-dealkylation sites (tertiary alicyclic amines) is 1. The second-order valence-corrected chi connectivity index (χ2v) is 7.97. The van der Waals surface area contributed by atoms with Gasteiger partial charge in [0.1, 0.15) is 5.69 Å². The molecule has 1 amide bonds. The number of pyridine rings is 1. The Balaban J connectivity index is 1.59. The minimum absolute atomic E-state index is 0.117. The second kappa shape index (κ2) is 8.81. The Morgan fingerprint density at radius 2 is 1.97 bits per heavy atom. The predicted molar refractivity (Wildman–Crippen MR) is 120 cm³/mol. The minimum atomic E-state index is -0.117. The molecule has 1 saturated heterocycles. The second-order valence-electron chi connectivity index (χ2n) is 7.97. The summed E-state index contributed by atoms with van der Waals surface area (Å²) in [6.45, 7) is 2.47. The van der Waals surface area contributed by atoms with Crippen molar-refractivity contribution in [3.63, 3.8) is 0 Å². The summed E-state index contributed by atoms with van der Waals surface area (Å²) in [5.74, 6) is -0.117. The van der Waals surface area contributed by atoms with Gasteiger partial charge < -0.3 is 20.7 Å². The first-order valence-corrected chi connectivity index (χ1v) is 10.3. The van der Waals surface area contributed by atoms with E-state index in [0.29, 0.717) is 18.0 Å². The molecular formula is C24H28N4O2. The maximum atomic E-state index is 12.7. The Kier molecular flexibility index (Phi) is 5.97. The molecule has 4 rings (SSSR count). The fraction of sp³-hybridized carbons (Fsp3) is 0.333. The van der Waals surface area contributed by atoms with E-state index in [0.717, 1.165) is 53.5 Å². The maximum absolute atomic E-state index is 12.7. The number of benzene rings is 2. The summed E-state index contributed by atoms with van der Waals surface area (Å²) >= 11 is 0. The lowest BCUT2D eigenvalue weighted by atomic mass is 10.0. The average Bonchev–Trinajstić information content (AvgIpc) is 2.77. The molecule has 0 bridgehead atoms. The number of nitrogens with zero attached hydrogens (tertiary/aromatic N) is 2. The quantitative estimate of drug-likeness (QED) is 0.637. The van der Waals surface area contributed by atoms with Crippen LogP contribution in [0.1, 0.15) is 28.9 Å². The molecule has 1 fully saturated rings. The zero-order valence-corrected chi connectivity index (χ0v) is 17.5. The molecule has 2 heterocycles. The van der Waals surface area contributed by atoms with Crippen molar-refractivity contribution in [2.75, 3.05) is 33.0 Å². The van der Waals surface area contributed by atoms with Gasteiger partial charge in [0, 0.05) is 35.4 Å². The van der Waals surface area contributed by atoms with Crippen molar-refractivity contribution in [2.45, 2.75) is 25.5 Å². The molecule has 0 radical (unpaired) electrons. The van der Waals surface area contributed by atoms with Crippen molar-refractivity contribution < 1.29 is 9.53 Å². The lowest BCUT2D eigenvalue weighted by Crippen LogP contribution is -2.43. The molecule has 0 aliphatic carbocycles. The van der Waals surface area contributed by atoms with Crippen LogP contribution in [-0.4, -0.2) is 49.1 Å². The number of hydrogen-bond donors (Lipinski definition) is 2. The number of anilines is 1. The van der Waals surface area contributed by atoms with Gasteiger partial charge in [0.15, 0.2) is 0 Å². The largest absolute Gasteiger partial charge is 0.398 e. The summed E-state index contributed by atoms with van der Waals surface area (Å²) < 4.78 is 5.24. The Labute approximate surface area is 177 Å². The summed E-state index contributed by atoms with van der Waals surface area (Å²) in [7, 11) is 3.77. The van der Waals surface area contributed by atoms with Gasteiger partial charge in [0.05, 0.1) is 12.3 Å². The number of carbonyl (C=O) groups is 1. The molecule has 156 valence electrons. The van der Waals surface area contributed by atoms with E-state index in [4.69, 9.17) is 10.5 Å². The van der Waals surface area contributed by atoms with Crippen molar-refractivity contribution in [3.8, 4) is 11.3 Å². The number of ether oxygens (including phenoxy) is 1. The van der Waals surface area contributed by atoms with Crippen LogP contribution in [0.3, 0.4) is 0 Å². The first-order valence-electron chi connectivity index (χ1n) is 10.3. The number of hydrogen-bond acceptors (Lipinski definition) is 5. The highest BCUT2D eigenvalue weighted by Gasteiger charge is 2.20. The number of piperidine rings is 1. The number of carbonyl (C=O) groups excluding carboxylic acids is 1. The third-order valence-electron chi connectivity index (χ3n) is 5.78. The number of amides is 1. The molecule has 3 aromatic rings. The smallest absolute Gasteiger partial charge is 0.270 e. The summed E-state index contributed by atoms with van der Waals surface area (Å²) in [5.41, 5.74) is 10.2. The highest BCUT2D eigenvalue weighted by molar-refractivity contribution is 5.97. The Morgan fingerprint density at radius 1 is 1.20 bits per heavy atom. The summed E-state index contributed by atoms with van der Waals surface area (Å²) in [4.78, 5) is 19.7. The zero-order chi connectivity index (χ0) is 21.1. The highest BCUT2D eigenvalue weighted by atomic mass is 16.5. The number of nitrogens with one attached hydrogen (secondary N) is 1. The van der Waals surface area contributed by atoms with Crippen LogP contribution >= 0.6 is 0 Å². The third kappa shape index (κ3) is 4.30.